The Labute approximate surface area is 519 Å². The normalized spacial score (nSPS) is 44.4. The summed E-state index contributed by atoms with van der Waals surface area (Å²) in [6.07, 6.45) is 61.7. The van der Waals surface area contributed by atoms with Crippen LogP contribution in [0.25, 0.3) is 0 Å². The molecule has 0 radical (unpaired) electrons. The Balaban J connectivity index is 0.000000216. The van der Waals surface area contributed by atoms with Crippen LogP contribution in [0.5, 0.6) is 0 Å². The number of rotatable bonds is 10. The Kier molecular flexibility index (Phi) is 28.9. The second-order valence-electron chi connectivity index (χ2n) is 30.2. The molecule has 0 aromatic carbocycles. The summed E-state index contributed by atoms with van der Waals surface area (Å²) in [6.45, 7) is 10.4. The molecule has 13 saturated carbocycles. The Morgan fingerprint density at radius 1 is 0.390 bits per heavy atom. The number of halogens is 4. The molecule has 13 aliphatic carbocycles. The Morgan fingerprint density at radius 2 is 0.740 bits per heavy atom. The van der Waals surface area contributed by atoms with Crippen LogP contribution in [-0.4, -0.2) is 0 Å². The maximum atomic E-state index is 4.93. The van der Waals surface area contributed by atoms with Gasteiger partial charge in [0.15, 0.2) is 0 Å². The maximum absolute atomic E-state index is 4.93. The van der Waals surface area contributed by atoms with Gasteiger partial charge in [0, 0.05) is 0 Å². The molecule has 0 amide bonds. The molecule has 0 spiro atoms. The van der Waals surface area contributed by atoms with Crippen molar-refractivity contribution in [3.8, 4) is 0 Å². The topological polar surface area (TPSA) is 0 Å². The molecule has 0 N–H and O–H groups in total. The SMILES string of the molecule is CCCCC1CCC(C(C)(C)C2C3CCC4CCCCC4C3C3C4CCCCC4CCC32)C1.CCCCC1CCC(C2(C3C4CCC5CCCCC5C4C4C5CCCCC5CCC43)CCC2)C1.[CH3-].[CH3-].[CH3-].[CH3-].[Cl][Zr+2][Cl].[Cl][Zr+2][Cl]. The number of fused-ring (bicyclic) bond motifs is 14. The van der Waals surface area contributed by atoms with E-state index in [1.54, 1.807) is 218 Å². The van der Waals surface area contributed by atoms with Gasteiger partial charge in [-0.1, -0.05) is 163 Å². The molecule has 0 aromatic rings. The van der Waals surface area contributed by atoms with E-state index in [1.807, 2.05) is 0 Å². The first-order chi connectivity index (χ1) is 35.7. The van der Waals surface area contributed by atoms with Gasteiger partial charge in [-0.05, 0) is 257 Å². The van der Waals surface area contributed by atoms with Crippen molar-refractivity contribution in [2.45, 2.75) is 278 Å². The van der Waals surface area contributed by atoms with Crippen LogP contribution in [0.3, 0.4) is 0 Å². The first-order valence-corrected chi connectivity index (χ1v) is 46.3. The molecule has 13 aliphatic rings. The standard InChI is InChI=1S/C34H56.C33H56.4CH3.4ClH.2Zr/c1-2-3-9-23-14-17-26(22-23)34(20-8-21-34)33-29-18-15-24-10-4-6-12-27(24)31(29)32-28-13-7-5-11-25(28)16-19-30(32)33;1-4-5-10-22-15-18-25(21-22)33(2,3)32-28-19-16-23-11-6-8-13-26(23)30(28)31-27-14-9-7-12-24(27)17-20-29(31)32;;;;;;;;;;/h23-33H,2-22H2,1H3;22-32H,4-21H2,1-3H3;4*1H3;4*1H;;/q;;4*-1;;;;;2*+4/p-4. The summed E-state index contributed by atoms with van der Waals surface area (Å²) in [5, 5.41) is 0. The average Bonchev–Trinajstić information content (AvgIpc) is 4.25. The van der Waals surface area contributed by atoms with Gasteiger partial charge < -0.3 is 29.7 Å². The van der Waals surface area contributed by atoms with Gasteiger partial charge in [0.25, 0.3) is 0 Å². The Bertz CT molecular complexity index is 1590. The van der Waals surface area contributed by atoms with E-state index < -0.39 is 41.7 Å². The summed E-state index contributed by atoms with van der Waals surface area (Å²) in [6, 6.07) is 0. The van der Waals surface area contributed by atoms with E-state index in [0.29, 0.717) is 5.41 Å². The molecule has 0 saturated heterocycles. The second-order valence-corrected chi connectivity index (χ2v) is 37.7. The van der Waals surface area contributed by atoms with Gasteiger partial charge in [-0.15, -0.1) is 0 Å². The second kappa shape index (κ2) is 32.2. The van der Waals surface area contributed by atoms with Crippen molar-refractivity contribution in [2.24, 2.45) is 141 Å². The molecule has 0 nitrogen and oxygen atoms in total. The van der Waals surface area contributed by atoms with Crippen molar-refractivity contribution in [3.05, 3.63) is 29.7 Å². The first-order valence-electron chi connectivity index (χ1n) is 33.6. The van der Waals surface area contributed by atoms with Gasteiger partial charge in [0.2, 0.25) is 0 Å². The number of unbranched alkanes of at least 4 members (excludes halogenated alkanes) is 2. The van der Waals surface area contributed by atoms with Crippen molar-refractivity contribution < 1.29 is 41.7 Å². The van der Waals surface area contributed by atoms with Gasteiger partial charge in [-0.25, -0.2) is 0 Å². The molecular formula is C71H124Cl4Zr2. The van der Waals surface area contributed by atoms with Crippen LogP contribution in [0.15, 0.2) is 0 Å². The first kappa shape index (κ1) is 69.0. The minimum absolute atomic E-state index is 0. The fourth-order valence-electron chi connectivity index (χ4n) is 25.4. The van der Waals surface area contributed by atoms with E-state index in [2.05, 4.69) is 27.7 Å². The predicted molar refractivity (Wildman–Crippen MR) is 333 cm³/mol. The van der Waals surface area contributed by atoms with Gasteiger partial charge in [-0.2, -0.15) is 0 Å². The molecule has 20 unspecified atom stereocenters. The van der Waals surface area contributed by atoms with Crippen LogP contribution in [-0.2, 0) is 41.7 Å². The third-order valence-corrected chi connectivity index (χ3v) is 27.7. The van der Waals surface area contributed by atoms with Crippen molar-refractivity contribution in [2.75, 3.05) is 0 Å². The van der Waals surface area contributed by atoms with Gasteiger partial charge in [-0.3, -0.25) is 0 Å². The summed E-state index contributed by atoms with van der Waals surface area (Å²) in [7, 11) is 19.7. The summed E-state index contributed by atoms with van der Waals surface area (Å²) in [5.74, 6) is 24.8. The van der Waals surface area contributed by atoms with Crippen molar-refractivity contribution in [1.82, 2.24) is 0 Å². The molecular weight excluding hydrogens is 1180 g/mol. The van der Waals surface area contributed by atoms with E-state index in [9.17, 15) is 0 Å². The molecule has 444 valence electrons. The zero-order valence-corrected chi connectivity index (χ0v) is 59.7. The number of hydrogen-bond donors (Lipinski definition) is 0. The fraction of sp³-hybridized carbons (Fsp3) is 0.944. The monoisotopic (exact) mass is 1300 g/mol. The molecule has 6 heteroatoms. The molecule has 0 aliphatic heterocycles. The van der Waals surface area contributed by atoms with Crippen LogP contribution in [0.1, 0.15) is 278 Å². The Morgan fingerprint density at radius 3 is 1.12 bits per heavy atom. The van der Waals surface area contributed by atoms with E-state index in [0.717, 1.165) is 124 Å². The molecule has 77 heavy (non-hydrogen) atoms. The summed E-state index contributed by atoms with van der Waals surface area (Å²) < 4.78 is 0. The number of hydrogen-bond acceptors (Lipinski definition) is 0. The molecule has 0 bridgehead atoms. The van der Waals surface area contributed by atoms with Crippen molar-refractivity contribution in [1.29, 1.82) is 0 Å². The van der Waals surface area contributed by atoms with Gasteiger partial charge in [0.05, 0.1) is 0 Å². The summed E-state index contributed by atoms with van der Waals surface area (Å²) in [4.78, 5) is 0. The predicted octanol–water partition coefficient (Wildman–Crippen LogP) is 24.5. The van der Waals surface area contributed by atoms with Crippen molar-refractivity contribution >= 4 is 34.1 Å². The van der Waals surface area contributed by atoms with E-state index >= 15 is 0 Å². The Hall–Kier alpha value is 2.93. The zero-order chi connectivity index (χ0) is 50.7. The van der Waals surface area contributed by atoms with Crippen LogP contribution in [0, 0.1) is 171 Å². The van der Waals surface area contributed by atoms with Crippen LogP contribution in [0.4, 0.5) is 0 Å². The zero-order valence-electron chi connectivity index (χ0n) is 51.8. The van der Waals surface area contributed by atoms with Crippen LogP contribution >= 0.6 is 34.1 Å². The van der Waals surface area contributed by atoms with E-state index in [4.69, 9.17) is 34.1 Å². The summed E-state index contributed by atoms with van der Waals surface area (Å²) >= 11 is -1.65. The van der Waals surface area contributed by atoms with E-state index in [-0.39, 0.29) is 29.7 Å². The van der Waals surface area contributed by atoms with E-state index in [1.165, 1.54) is 43.9 Å². The molecule has 20 atom stereocenters. The average molecular weight is 1300 g/mol. The molecule has 13 rings (SSSR count). The summed E-state index contributed by atoms with van der Waals surface area (Å²) in [5.41, 5.74) is 1.40. The molecule has 0 heterocycles. The van der Waals surface area contributed by atoms with Gasteiger partial charge >= 0.3 is 75.7 Å². The van der Waals surface area contributed by atoms with Crippen molar-refractivity contribution in [3.63, 3.8) is 0 Å². The molecule has 13 fully saturated rings. The van der Waals surface area contributed by atoms with Gasteiger partial charge in [0.1, 0.15) is 0 Å². The van der Waals surface area contributed by atoms with Crippen LogP contribution < -0.4 is 0 Å². The molecule has 0 aromatic heterocycles. The minimum atomic E-state index is -0.826. The third kappa shape index (κ3) is 14.3. The quantitative estimate of drug-likeness (QED) is 0.191. The van der Waals surface area contributed by atoms with Crippen LogP contribution in [0.2, 0.25) is 0 Å². The third-order valence-electron chi connectivity index (χ3n) is 27.7. The fourth-order valence-corrected chi connectivity index (χ4v) is 25.4.